The van der Waals surface area contributed by atoms with Crippen LogP contribution in [0.2, 0.25) is 10.0 Å². The molecule has 1 heterocycles. The fourth-order valence-corrected chi connectivity index (χ4v) is 4.44. The van der Waals surface area contributed by atoms with Gasteiger partial charge in [-0.2, -0.15) is 0 Å². The summed E-state index contributed by atoms with van der Waals surface area (Å²) in [5.41, 5.74) is 3.98. The van der Waals surface area contributed by atoms with E-state index in [1.165, 1.54) is 10.7 Å². The molecule has 0 fully saturated rings. The van der Waals surface area contributed by atoms with Gasteiger partial charge in [0.25, 0.3) is 5.91 Å². The molecule has 3 amide bonds. The normalized spacial score (nSPS) is 10.8. The third kappa shape index (κ3) is 7.32. The Morgan fingerprint density at radius 1 is 0.846 bits per heavy atom. The number of carbonyl (C=O) groups excluding carboxylic acids is 3. The van der Waals surface area contributed by atoms with Crippen LogP contribution in [0.1, 0.15) is 36.7 Å². The fraction of sp³-hybridized carbons (Fsp3) is 0.179. The van der Waals surface area contributed by atoms with Crippen LogP contribution in [-0.2, 0) is 9.59 Å². The van der Waals surface area contributed by atoms with Gasteiger partial charge in [-0.1, -0.05) is 58.9 Å². The van der Waals surface area contributed by atoms with E-state index in [4.69, 9.17) is 27.9 Å². The van der Waals surface area contributed by atoms with Gasteiger partial charge >= 0.3 is 11.8 Å². The van der Waals surface area contributed by atoms with Gasteiger partial charge in [-0.05, 0) is 73.2 Å². The summed E-state index contributed by atoms with van der Waals surface area (Å²) in [5, 5.41) is 6.58. The number of nitrogens with zero attached hydrogens (tertiary/aromatic N) is 1. The number of amides is 3. The Hall–Kier alpha value is -3.53. The molecule has 0 bridgehead atoms. The highest BCUT2D eigenvalue weighted by molar-refractivity contribution is 9.10. The van der Waals surface area contributed by atoms with Crippen LogP contribution in [-0.4, -0.2) is 29.0 Å². The van der Waals surface area contributed by atoms with Crippen molar-refractivity contribution in [1.29, 1.82) is 0 Å². The number of hydrogen-bond donors (Lipinski definition) is 3. The topological polar surface area (TPSA) is 101 Å². The second-order valence-corrected chi connectivity index (χ2v) is 10.4. The molecule has 0 spiro atoms. The third-order valence-electron chi connectivity index (χ3n) is 5.72. The average Bonchev–Trinajstić information content (AvgIpc) is 3.27. The molecule has 4 aromatic rings. The number of aromatic nitrogens is 1. The van der Waals surface area contributed by atoms with Crippen LogP contribution >= 0.6 is 39.1 Å². The molecule has 0 aliphatic carbocycles. The Kier molecular flexibility index (Phi) is 9.50. The summed E-state index contributed by atoms with van der Waals surface area (Å²) in [7, 11) is 0. The van der Waals surface area contributed by atoms with E-state index in [-0.39, 0.29) is 10.7 Å². The summed E-state index contributed by atoms with van der Waals surface area (Å²) in [5.74, 6) is -1.72. The van der Waals surface area contributed by atoms with Gasteiger partial charge in [-0.3, -0.25) is 19.8 Å². The molecule has 39 heavy (non-hydrogen) atoms. The minimum absolute atomic E-state index is 0.0971. The SMILES string of the molecule is CCCCCOc1ccc(NC(=O)C(=O)Nn2c(C(=O)Nc3ccc(Cl)c(Cl)c3)cc3cc(Br)ccc32)cc1. The quantitative estimate of drug-likeness (QED) is 0.134. The van der Waals surface area contributed by atoms with E-state index in [1.54, 1.807) is 60.7 Å². The van der Waals surface area contributed by atoms with Crippen molar-refractivity contribution in [1.82, 2.24) is 4.68 Å². The number of anilines is 2. The van der Waals surface area contributed by atoms with Crippen molar-refractivity contribution >= 4 is 79.1 Å². The number of ether oxygens (including phenoxy) is 1. The third-order valence-corrected chi connectivity index (χ3v) is 6.95. The van der Waals surface area contributed by atoms with E-state index >= 15 is 0 Å². The largest absolute Gasteiger partial charge is 0.494 e. The first-order valence-corrected chi connectivity index (χ1v) is 13.7. The lowest BCUT2D eigenvalue weighted by molar-refractivity contribution is -0.133. The monoisotopic (exact) mass is 630 g/mol. The number of benzene rings is 3. The molecule has 0 aliphatic rings. The van der Waals surface area contributed by atoms with Crippen molar-refractivity contribution in [3.63, 3.8) is 0 Å². The lowest BCUT2D eigenvalue weighted by atomic mass is 10.2. The van der Waals surface area contributed by atoms with Crippen molar-refractivity contribution in [2.24, 2.45) is 0 Å². The van der Waals surface area contributed by atoms with E-state index in [1.807, 2.05) is 0 Å². The second kappa shape index (κ2) is 13.0. The van der Waals surface area contributed by atoms with Crippen molar-refractivity contribution in [3.8, 4) is 5.75 Å². The summed E-state index contributed by atoms with van der Waals surface area (Å²) < 4.78 is 7.73. The summed E-state index contributed by atoms with van der Waals surface area (Å²) in [6.07, 6.45) is 3.17. The molecule has 3 N–H and O–H groups in total. The standard InChI is InChI=1S/C28H25BrCl2N4O4/c1-2-3-4-13-39-21-9-6-19(7-10-21)32-27(37)28(38)34-35-24-12-5-18(29)14-17(24)15-25(35)26(36)33-20-8-11-22(30)23(31)16-20/h5-12,14-16H,2-4,13H2,1H3,(H,32,37)(H,33,36)(H,34,38). The predicted octanol–water partition coefficient (Wildman–Crippen LogP) is 7.24. The Morgan fingerprint density at radius 2 is 1.59 bits per heavy atom. The molecule has 8 nitrogen and oxygen atoms in total. The molecule has 0 saturated carbocycles. The van der Waals surface area contributed by atoms with Crippen molar-refractivity contribution in [2.75, 3.05) is 22.7 Å². The zero-order chi connectivity index (χ0) is 27.9. The zero-order valence-corrected chi connectivity index (χ0v) is 24.0. The zero-order valence-electron chi connectivity index (χ0n) is 20.9. The molecule has 202 valence electrons. The van der Waals surface area contributed by atoms with Gasteiger partial charge in [0.1, 0.15) is 11.4 Å². The van der Waals surface area contributed by atoms with Gasteiger partial charge in [0.2, 0.25) is 0 Å². The summed E-state index contributed by atoms with van der Waals surface area (Å²) in [4.78, 5) is 38.8. The molecular formula is C28H25BrCl2N4O4. The predicted molar refractivity (Wildman–Crippen MR) is 159 cm³/mol. The van der Waals surface area contributed by atoms with E-state index in [0.717, 1.165) is 23.7 Å². The average molecular weight is 632 g/mol. The first kappa shape index (κ1) is 28.5. The van der Waals surface area contributed by atoms with E-state index in [9.17, 15) is 14.4 Å². The van der Waals surface area contributed by atoms with Crippen molar-refractivity contribution in [3.05, 3.63) is 86.9 Å². The highest BCUT2D eigenvalue weighted by Crippen LogP contribution is 2.27. The Bertz CT molecular complexity index is 1520. The van der Waals surface area contributed by atoms with Crippen LogP contribution in [0.15, 0.2) is 71.2 Å². The molecule has 0 saturated heterocycles. The summed E-state index contributed by atoms with van der Waals surface area (Å²) in [6.45, 7) is 2.74. The molecule has 0 atom stereocenters. The molecule has 11 heteroatoms. The number of unbranched alkanes of at least 4 members (excludes halogenated alkanes) is 2. The fourth-order valence-electron chi connectivity index (χ4n) is 3.76. The van der Waals surface area contributed by atoms with Crippen LogP contribution in [0.3, 0.4) is 0 Å². The van der Waals surface area contributed by atoms with Crippen molar-refractivity contribution < 1.29 is 19.1 Å². The molecule has 3 aromatic carbocycles. The number of rotatable bonds is 9. The Balaban J connectivity index is 1.49. The maximum absolute atomic E-state index is 13.2. The molecule has 0 unspecified atom stereocenters. The van der Waals surface area contributed by atoms with Crippen LogP contribution in [0, 0.1) is 0 Å². The maximum atomic E-state index is 13.2. The lowest BCUT2D eigenvalue weighted by Crippen LogP contribution is -2.36. The molecular weight excluding hydrogens is 607 g/mol. The Labute approximate surface area is 243 Å². The number of nitrogens with one attached hydrogen (secondary N) is 3. The smallest absolute Gasteiger partial charge is 0.328 e. The minimum Gasteiger partial charge on any atom is -0.494 e. The van der Waals surface area contributed by atoms with E-state index in [2.05, 4.69) is 38.9 Å². The van der Waals surface area contributed by atoms with E-state index < -0.39 is 17.7 Å². The van der Waals surface area contributed by atoms with Gasteiger partial charge in [0.05, 0.1) is 22.2 Å². The highest BCUT2D eigenvalue weighted by atomic mass is 79.9. The van der Waals surface area contributed by atoms with Crippen LogP contribution < -0.4 is 20.8 Å². The number of hydrogen-bond acceptors (Lipinski definition) is 4. The van der Waals surface area contributed by atoms with E-state index in [0.29, 0.717) is 39.7 Å². The van der Waals surface area contributed by atoms with Gasteiger partial charge in [-0.15, -0.1) is 0 Å². The number of fused-ring (bicyclic) bond motifs is 1. The van der Waals surface area contributed by atoms with Gasteiger partial charge in [0.15, 0.2) is 0 Å². The molecule has 0 aliphatic heterocycles. The van der Waals surface area contributed by atoms with Gasteiger partial charge in [0, 0.05) is 21.2 Å². The van der Waals surface area contributed by atoms with Crippen LogP contribution in [0.4, 0.5) is 11.4 Å². The van der Waals surface area contributed by atoms with Crippen molar-refractivity contribution in [2.45, 2.75) is 26.2 Å². The van der Waals surface area contributed by atoms with Gasteiger partial charge < -0.3 is 15.4 Å². The molecule has 1 aromatic heterocycles. The molecule has 4 rings (SSSR count). The van der Waals surface area contributed by atoms with Crippen LogP contribution in [0.25, 0.3) is 10.9 Å². The molecule has 0 radical (unpaired) electrons. The second-order valence-electron chi connectivity index (χ2n) is 8.63. The summed E-state index contributed by atoms with van der Waals surface area (Å²) >= 11 is 15.4. The van der Waals surface area contributed by atoms with Gasteiger partial charge in [-0.25, -0.2) is 4.68 Å². The maximum Gasteiger partial charge on any atom is 0.328 e. The summed E-state index contributed by atoms with van der Waals surface area (Å²) in [6, 6.07) is 18.3. The minimum atomic E-state index is -0.959. The highest BCUT2D eigenvalue weighted by Gasteiger charge is 2.21. The first-order valence-electron chi connectivity index (χ1n) is 12.2. The number of carbonyl (C=O) groups is 3. The Morgan fingerprint density at radius 3 is 2.31 bits per heavy atom. The lowest BCUT2D eigenvalue weighted by Gasteiger charge is -2.13. The van der Waals surface area contributed by atoms with Crippen LogP contribution in [0.5, 0.6) is 5.75 Å². The number of halogens is 3. The first-order chi connectivity index (χ1) is 18.7.